The molecule has 2 nitrogen and oxygen atoms in total. The molecule has 0 spiro atoms. The summed E-state index contributed by atoms with van der Waals surface area (Å²) < 4.78 is 0. The number of hydrogen-bond acceptors (Lipinski definition) is 2. The normalized spacial score (nSPS) is 23.4. The van der Waals surface area contributed by atoms with Gasteiger partial charge in [0, 0.05) is 18.0 Å². The Hall–Kier alpha value is -1.15. The molecule has 1 fully saturated rings. The number of benzene rings is 1. The molecule has 0 amide bonds. The van der Waals surface area contributed by atoms with Gasteiger partial charge in [0.25, 0.3) is 0 Å². The molecule has 16 heavy (non-hydrogen) atoms. The second-order valence-corrected chi connectivity index (χ2v) is 4.89. The van der Waals surface area contributed by atoms with Crippen molar-refractivity contribution in [3.63, 3.8) is 0 Å². The molecule has 0 saturated carbocycles. The van der Waals surface area contributed by atoms with Gasteiger partial charge in [-0.1, -0.05) is 12.1 Å². The maximum atomic E-state index is 12.2. The van der Waals surface area contributed by atoms with E-state index in [0.717, 1.165) is 31.5 Å². The number of nitrogens with one attached hydrogen (secondary N) is 1. The molecular formula is C14H17NO. The molecule has 1 N–H and O–H groups in total. The van der Waals surface area contributed by atoms with E-state index < -0.39 is 0 Å². The van der Waals surface area contributed by atoms with Gasteiger partial charge in [0.2, 0.25) is 0 Å². The fourth-order valence-corrected chi connectivity index (χ4v) is 2.84. The zero-order chi connectivity index (χ0) is 11.0. The molecule has 1 heterocycles. The van der Waals surface area contributed by atoms with Crippen LogP contribution >= 0.6 is 0 Å². The Kier molecular flexibility index (Phi) is 2.52. The minimum Gasteiger partial charge on any atom is -0.316 e. The van der Waals surface area contributed by atoms with E-state index in [2.05, 4.69) is 17.4 Å². The Bertz CT molecular complexity index is 419. The number of carbonyl (C=O) groups is 1. The van der Waals surface area contributed by atoms with Crippen molar-refractivity contribution in [3.05, 3.63) is 34.9 Å². The van der Waals surface area contributed by atoms with Crippen LogP contribution in [0.1, 0.15) is 34.3 Å². The zero-order valence-corrected chi connectivity index (χ0v) is 9.46. The highest BCUT2D eigenvalue weighted by Gasteiger charge is 2.24. The average molecular weight is 215 g/mol. The van der Waals surface area contributed by atoms with Crippen molar-refractivity contribution in [3.8, 4) is 0 Å². The summed E-state index contributed by atoms with van der Waals surface area (Å²) in [6.07, 6.45) is 4.59. The van der Waals surface area contributed by atoms with Crippen molar-refractivity contribution in [2.75, 3.05) is 13.1 Å². The highest BCUT2D eigenvalue weighted by atomic mass is 16.1. The SMILES string of the molecule is O=C(c1ccc2c(c1)CCC2)C1CCNC1. The molecule has 84 valence electrons. The van der Waals surface area contributed by atoms with Crippen LogP contribution in [0.3, 0.4) is 0 Å². The molecule has 1 aliphatic carbocycles. The van der Waals surface area contributed by atoms with Crippen LogP contribution in [-0.2, 0) is 12.8 Å². The Labute approximate surface area is 96.1 Å². The van der Waals surface area contributed by atoms with E-state index in [9.17, 15) is 4.79 Å². The third-order valence-corrected chi connectivity index (χ3v) is 3.81. The van der Waals surface area contributed by atoms with Gasteiger partial charge in [-0.3, -0.25) is 4.79 Å². The summed E-state index contributed by atoms with van der Waals surface area (Å²) in [6, 6.07) is 6.30. The molecule has 2 aliphatic rings. The third-order valence-electron chi connectivity index (χ3n) is 3.81. The van der Waals surface area contributed by atoms with Crippen molar-refractivity contribution in [2.24, 2.45) is 5.92 Å². The first kappa shape index (κ1) is 10.0. The molecule has 1 aliphatic heterocycles. The van der Waals surface area contributed by atoms with Gasteiger partial charge in [-0.2, -0.15) is 0 Å². The summed E-state index contributed by atoms with van der Waals surface area (Å²) in [5, 5.41) is 3.25. The van der Waals surface area contributed by atoms with Gasteiger partial charge in [0.1, 0.15) is 0 Å². The lowest BCUT2D eigenvalue weighted by molar-refractivity contribution is 0.0930. The van der Waals surface area contributed by atoms with Gasteiger partial charge in [0.05, 0.1) is 0 Å². The minimum absolute atomic E-state index is 0.208. The smallest absolute Gasteiger partial charge is 0.167 e. The molecule has 1 aromatic rings. The molecule has 1 aromatic carbocycles. The molecule has 1 unspecified atom stereocenters. The number of aryl methyl sites for hydroxylation is 2. The number of hydrogen-bond donors (Lipinski definition) is 1. The number of Topliss-reactive ketones (excluding diaryl/α,β-unsaturated/α-hetero) is 1. The molecular weight excluding hydrogens is 198 g/mol. The first-order valence-electron chi connectivity index (χ1n) is 6.21. The summed E-state index contributed by atoms with van der Waals surface area (Å²) in [4.78, 5) is 12.2. The predicted molar refractivity (Wildman–Crippen MR) is 63.8 cm³/mol. The average Bonchev–Trinajstić information content (AvgIpc) is 2.98. The van der Waals surface area contributed by atoms with E-state index in [0.29, 0.717) is 5.78 Å². The third kappa shape index (κ3) is 1.67. The van der Waals surface area contributed by atoms with Gasteiger partial charge in [-0.05, 0) is 49.4 Å². The Morgan fingerprint density at radius 1 is 1.25 bits per heavy atom. The minimum atomic E-state index is 0.208. The van der Waals surface area contributed by atoms with Crippen LogP contribution in [0.15, 0.2) is 18.2 Å². The standard InChI is InChI=1S/C14H17NO/c16-14(13-6-7-15-9-13)12-5-4-10-2-1-3-11(10)8-12/h4-5,8,13,15H,1-3,6-7,9H2. The molecule has 1 atom stereocenters. The lowest BCUT2D eigenvalue weighted by Crippen LogP contribution is -2.18. The fraction of sp³-hybridized carbons (Fsp3) is 0.500. The first-order valence-corrected chi connectivity index (χ1v) is 6.21. The summed E-state index contributed by atoms with van der Waals surface area (Å²) in [6.45, 7) is 1.84. The fourth-order valence-electron chi connectivity index (χ4n) is 2.84. The van der Waals surface area contributed by atoms with Gasteiger partial charge in [-0.25, -0.2) is 0 Å². The monoisotopic (exact) mass is 215 g/mol. The quantitative estimate of drug-likeness (QED) is 0.764. The van der Waals surface area contributed by atoms with E-state index in [1.807, 2.05) is 6.07 Å². The van der Waals surface area contributed by atoms with E-state index in [1.165, 1.54) is 24.0 Å². The second kappa shape index (κ2) is 4.02. The summed E-state index contributed by atoms with van der Waals surface area (Å²) >= 11 is 0. The van der Waals surface area contributed by atoms with Gasteiger partial charge >= 0.3 is 0 Å². The molecule has 0 aromatic heterocycles. The second-order valence-electron chi connectivity index (χ2n) is 4.89. The summed E-state index contributed by atoms with van der Waals surface area (Å²) in [7, 11) is 0. The van der Waals surface area contributed by atoms with E-state index in [-0.39, 0.29) is 5.92 Å². The van der Waals surface area contributed by atoms with Crippen LogP contribution in [0.4, 0.5) is 0 Å². The summed E-state index contributed by atoms with van der Waals surface area (Å²) in [5.41, 5.74) is 3.77. The van der Waals surface area contributed by atoms with Crippen LogP contribution in [0.5, 0.6) is 0 Å². The Balaban J connectivity index is 1.86. The first-order chi connectivity index (χ1) is 7.84. The molecule has 0 radical (unpaired) electrons. The number of ketones is 1. The maximum Gasteiger partial charge on any atom is 0.167 e. The van der Waals surface area contributed by atoms with Crippen LogP contribution in [0, 0.1) is 5.92 Å². The highest BCUT2D eigenvalue weighted by molar-refractivity contribution is 5.98. The van der Waals surface area contributed by atoms with E-state index in [1.54, 1.807) is 0 Å². The van der Waals surface area contributed by atoms with Crippen LogP contribution < -0.4 is 5.32 Å². The Morgan fingerprint density at radius 3 is 2.94 bits per heavy atom. The summed E-state index contributed by atoms with van der Waals surface area (Å²) in [5.74, 6) is 0.541. The lowest BCUT2D eigenvalue weighted by Gasteiger charge is -2.08. The van der Waals surface area contributed by atoms with Crippen molar-refractivity contribution in [1.29, 1.82) is 0 Å². The van der Waals surface area contributed by atoms with Crippen molar-refractivity contribution >= 4 is 5.78 Å². The van der Waals surface area contributed by atoms with Crippen molar-refractivity contribution in [1.82, 2.24) is 5.32 Å². The van der Waals surface area contributed by atoms with Gasteiger partial charge < -0.3 is 5.32 Å². The van der Waals surface area contributed by atoms with Gasteiger partial charge in [0.15, 0.2) is 5.78 Å². The molecule has 3 rings (SSSR count). The van der Waals surface area contributed by atoms with E-state index >= 15 is 0 Å². The topological polar surface area (TPSA) is 29.1 Å². The van der Waals surface area contributed by atoms with Gasteiger partial charge in [-0.15, -0.1) is 0 Å². The van der Waals surface area contributed by atoms with E-state index in [4.69, 9.17) is 0 Å². The lowest BCUT2D eigenvalue weighted by atomic mass is 9.95. The largest absolute Gasteiger partial charge is 0.316 e. The number of fused-ring (bicyclic) bond motifs is 1. The highest BCUT2D eigenvalue weighted by Crippen LogP contribution is 2.24. The Morgan fingerprint density at radius 2 is 2.12 bits per heavy atom. The molecule has 0 bridgehead atoms. The zero-order valence-electron chi connectivity index (χ0n) is 9.46. The maximum absolute atomic E-state index is 12.2. The predicted octanol–water partition coefficient (Wildman–Crippen LogP) is 1.97. The van der Waals surface area contributed by atoms with Crippen molar-refractivity contribution < 1.29 is 4.79 Å². The van der Waals surface area contributed by atoms with Crippen LogP contribution in [0.2, 0.25) is 0 Å². The molecule has 2 heteroatoms. The van der Waals surface area contributed by atoms with Crippen molar-refractivity contribution in [2.45, 2.75) is 25.7 Å². The number of carbonyl (C=O) groups excluding carboxylic acids is 1. The van der Waals surface area contributed by atoms with Crippen LogP contribution in [-0.4, -0.2) is 18.9 Å². The number of rotatable bonds is 2. The van der Waals surface area contributed by atoms with Crippen LogP contribution in [0.25, 0.3) is 0 Å². The molecule has 1 saturated heterocycles.